The number of esters is 1. The summed E-state index contributed by atoms with van der Waals surface area (Å²) in [6.07, 6.45) is 4.93. The monoisotopic (exact) mass is 369 g/mol. The fourth-order valence-electron chi connectivity index (χ4n) is 3.12. The van der Waals surface area contributed by atoms with Crippen molar-refractivity contribution in [2.24, 2.45) is 5.92 Å². The van der Waals surface area contributed by atoms with Crippen LogP contribution < -0.4 is 22.0 Å². The number of benzene rings is 1. The van der Waals surface area contributed by atoms with Gasteiger partial charge >= 0.3 is 5.97 Å². The van der Waals surface area contributed by atoms with Crippen LogP contribution in [0.2, 0.25) is 0 Å². The number of carbonyl (C=O) groups excluding carboxylic acids is 1. The SMILES string of the molecule is CC(C)COc1ccc(C(=O)OCCC[NH+]2CCCCC2C)cc1.[Cl-]. The van der Waals surface area contributed by atoms with Crippen LogP contribution in [0.4, 0.5) is 0 Å². The summed E-state index contributed by atoms with van der Waals surface area (Å²) in [6, 6.07) is 7.95. The van der Waals surface area contributed by atoms with Crippen LogP contribution in [0.5, 0.6) is 5.75 Å². The number of nitrogens with one attached hydrogen (secondary N) is 1. The lowest BCUT2D eigenvalue weighted by atomic mass is 10.0. The smallest absolute Gasteiger partial charge is 0.338 e. The van der Waals surface area contributed by atoms with E-state index < -0.39 is 0 Å². The Morgan fingerprint density at radius 3 is 2.60 bits per heavy atom. The average molecular weight is 370 g/mol. The first kappa shape index (κ1) is 21.8. The van der Waals surface area contributed by atoms with Crippen LogP contribution in [0, 0.1) is 5.92 Å². The number of ether oxygens (including phenoxy) is 2. The van der Waals surface area contributed by atoms with Crippen molar-refractivity contribution < 1.29 is 31.6 Å². The molecule has 2 atom stereocenters. The molecule has 0 bridgehead atoms. The Kier molecular flexibility index (Phi) is 9.91. The second-order valence-electron chi connectivity index (χ2n) is 7.27. The van der Waals surface area contributed by atoms with Gasteiger partial charge in [-0.15, -0.1) is 0 Å². The molecule has 1 fully saturated rings. The van der Waals surface area contributed by atoms with Crippen LogP contribution in [0.1, 0.15) is 56.8 Å². The first-order chi connectivity index (χ1) is 11.6. The van der Waals surface area contributed by atoms with E-state index >= 15 is 0 Å². The van der Waals surface area contributed by atoms with Crippen molar-refractivity contribution >= 4 is 5.97 Å². The van der Waals surface area contributed by atoms with Gasteiger partial charge in [-0.25, -0.2) is 4.79 Å². The molecule has 0 aliphatic carbocycles. The van der Waals surface area contributed by atoms with Gasteiger partial charge in [-0.1, -0.05) is 13.8 Å². The van der Waals surface area contributed by atoms with Crippen LogP contribution in [-0.4, -0.2) is 38.3 Å². The summed E-state index contributed by atoms with van der Waals surface area (Å²) < 4.78 is 11.0. The number of rotatable bonds is 8. The third kappa shape index (κ3) is 7.66. The van der Waals surface area contributed by atoms with Gasteiger partial charge in [0.15, 0.2) is 0 Å². The number of piperidine rings is 1. The van der Waals surface area contributed by atoms with E-state index in [0.29, 0.717) is 24.7 Å². The van der Waals surface area contributed by atoms with E-state index in [1.54, 1.807) is 17.0 Å². The Morgan fingerprint density at radius 2 is 1.96 bits per heavy atom. The number of quaternary nitrogens is 1. The van der Waals surface area contributed by atoms with E-state index in [1.165, 1.54) is 25.8 Å². The lowest BCUT2D eigenvalue weighted by Crippen LogP contribution is -3.16. The van der Waals surface area contributed by atoms with Gasteiger partial charge in [0.2, 0.25) is 0 Å². The maximum atomic E-state index is 12.1. The van der Waals surface area contributed by atoms with Crippen molar-refractivity contribution in [1.82, 2.24) is 0 Å². The van der Waals surface area contributed by atoms with Crippen LogP contribution in [-0.2, 0) is 4.74 Å². The Morgan fingerprint density at radius 1 is 1.24 bits per heavy atom. The molecule has 1 N–H and O–H groups in total. The number of hydrogen-bond acceptors (Lipinski definition) is 3. The molecule has 5 heteroatoms. The zero-order chi connectivity index (χ0) is 17.4. The topological polar surface area (TPSA) is 40.0 Å². The highest BCUT2D eigenvalue weighted by Gasteiger charge is 2.21. The molecule has 1 aromatic rings. The minimum Gasteiger partial charge on any atom is -1.00 e. The maximum Gasteiger partial charge on any atom is 0.338 e. The molecule has 0 amide bonds. The van der Waals surface area contributed by atoms with Crippen LogP contribution in [0.15, 0.2) is 24.3 Å². The van der Waals surface area contributed by atoms with Crippen LogP contribution in [0.3, 0.4) is 0 Å². The summed E-state index contributed by atoms with van der Waals surface area (Å²) in [4.78, 5) is 13.7. The molecule has 0 saturated carbocycles. The molecule has 25 heavy (non-hydrogen) atoms. The quantitative estimate of drug-likeness (QED) is 0.506. The predicted molar refractivity (Wildman–Crippen MR) is 95.7 cm³/mol. The predicted octanol–water partition coefficient (Wildman–Crippen LogP) is -0.270. The summed E-state index contributed by atoms with van der Waals surface area (Å²) in [5.74, 6) is 1.04. The molecule has 1 aliphatic heterocycles. The summed E-state index contributed by atoms with van der Waals surface area (Å²) in [7, 11) is 0. The van der Waals surface area contributed by atoms with Gasteiger partial charge in [0.05, 0.1) is 37.9 Å². The molecule has 1 heterocycles. The Balaban J connectivity index is 0.00000312. The molecule has 4 nitrogen and oxygen atoms in total. The molecule has 0 radical (unpaired) electrons. The van der Waals surface area contributed by atoms with E-state index in [1.807, 2.05) is 12.1 Å². The van der Waals surface area contributed by atoms with Crippen molar-refractivity contribution in [1.29, 1.82) is 0 Å². The minimum absolute atomic E-state index is 0. The minimum atomic E-state index is -0.243. The fraction of sp³-hybridized carbons (Fsp3) is 0.650. The Bertz CT molecular complexity index is 504. The van der Waals surface area contributed by atoms with E-state index in [9.17, 15) is 4.79 Å². The standard InChI is InChI=1S/C20H31NO3.ClH/c1-16(2)15-24-19-10-8-18(9-11-19)20(22)23-14-6-13-21-12-5-4-7-17(21)3;/h8-11,16-17H,4-7,12-15H2,1-3H3;1H. The number of likely N-dealkylation sites (tertiary alicyclic amines) is 1. The van der Waals surface area contributed by atoms with E-state index in [0.717, 1.165) is 24.8 Å². The summed E-state index contributed by atoms with van der Waals surface area (Å²) in [5, 5.41) is 0. The summed E-state index contributed by atoms with van der Waals surface area (Å²) in [6.45, 7) is 10.1. The number of halogens is 1. The molecule has 2 unspecified atom stereocenters. The number of carbonyl (C=O) groups is 1. The molecule has 1 saturated heterocycles. The molecule has 1 aromatic carbocycles. The molecule has 142 valence electrons. The summed E-state index contributed by atoms with van der Waals surface area (Å²) in [5.41, 5.74) is 0.589. The van der Waals surface area contributed by atoms with E-state index in [4.69, 9.17) is 9.47 Å². The molecule has 0 aromatic heterocycles. The van der Waals surface area contributed by atoms with Crippen LogP contribution in [0.25, 0.3) is 0 Å². The van der Waals surface area contributed by atoms with Gasteiger partial charge in [0.1, 0.15) is 5.75 Å². The fourth-order valence-corrected chi connectivity index (χ4v) is 3.12. The molecule has 1 aliphatic rings. The maximum absolute atomic E-state index is 12.1. The highest BCUT2D eigenvalue weighted by atomic mass is 35.5. The van der Waals surface area contributed by atoms with Crippen molar-refractivity contribution in [2.75, 3.05) is 26.3 Å². The molecular formula is C20H32ClNO3. The van der Waals surface area contributed by atoms with Gasteiger partial charge < -0.3 is 26.8 Å². The second-order valence-corrected chi connectivity index (χ2v) is 7.27. The first-order valence-electron chi connectivity index (χ1n) is 9.31. The van der Waals surface area contributed by atoms with Gasteiger partial charge in [-0.05, 0) is 56.4 Å². The average Bonchev–Trinajstić information content (AvgIpc) is 2.58. The van der Waals surface area contributed by atoms with E-state index in [2.05, 4.69) is 20.8 Å². The van der Waals surface area contributed by atoms with Gasteiger partial charge in [0.25, 0.3) is 0 Å². The molecular weight excluding hydrogens is 338 g/mol. The zero-order valence-electron chi connectivity index (χ0n) is 15.7. The summed E-state index contributed by atoms with van der Waals surface area (Å²) >= 11 is 0. The number of hydrogen-bond donors (Lipinski definition) is 1. The van der Waals surface area contributed by atoms with Gasteiger partial charge in [0, 0.05) is 6.42 Å². The second kappa shape index (κ2) is 11.4. The lowest BCUT2D eigenvalue weighted by molar-refractivity contribution is -0.928. The van der Waals surface area contributed by atoms with Crippen molar-refractivity contribution in [2.45, 2.75) is 52.5 Å². The highest BCUT2D eigenvalue weighted by molar-refractivity contribution is 5.89. The zero-order valence-corrected chi connectivity index (χ0v) is 16.5. The molecule has 0 spiro atoms. The van der Waals surface area contributed by atoms with Crippen molar-refractivity contribution in [3.8, 4) is 5.75 Å². The lowest BCUT2D eigenvalue weighted by Gasteiger charge is -2.30. The normalized spacial score (nSPS) is 20.0. The largest absolute Gasteiger partial charge is 1.00 e. The van der Waals surface area contributed by atoms with Gasteiger partial charge in [-0.3, -0.25) is 0 Å². The van der Waals surface area contributed by atoms with Crippen LogP contribution >= 0.6 is 0 Å². The van der Waals surface area contributed by atoms with Gasteiger partial charge in [-0.2, -0.15) is 0 Å². The highest BCUT2D eigenvalue weighted by Crippen LogP contribution is 2.14. The molecule has 2 rings (SSSR count). The Labute approximate surface area is 158 Å². The van der Waals surface area contributed by atoms with Crippen molar-refractivity contribution in [3.05, 3.63) is 29.8 Å². The third-order valence-corrected chi connectivity index (χ3v) is 4.63. The third-order valence-electron chi connectivity index (χ3n) is 4.63. The van der Waals surface area contributed by atoms with Crippen molar-refractivity contribution in [3.63, 3.8) is 0 Å². The Hall–Kier alpha value is -1.26. The van der Waals surface area contributed by atoms with E-state index in [-0.39, 0.29) is 18.4 Å². The first-order valence-corrected chi connectivity index (χ1v) is 9.31.